The molecule has 0 unspecified atom stereocenters. The van der Waals surface area contributed by atoms with Gasteiger partial charge in [0.05, 0.1) is 20.6 Å². The molecule has 0 saturated carbocycles. The van der Waals surface area contributed by atoms with E-state index >= 15 is 0 Å². The Balaban J connectivity index is 1.87. The highest BCUT2D eigenvalue weighted by molar-refractivity contribution is 5.91. The van der Waals surface area contributed by atoms with Crippen LogP contribution in [0.5, 0.6) is 11.5 Å². The van der Waals surface area contributed by atoms with E-state index in [4.69, 9.17) is 9.47 Å². The molecule has 2 rings (SSSR count). The lowest BCUT2D eigenvalue weighted by molar-refractivity contribution is -0.115. The van der Waals surface area contributed by atoms with Crippen LogP contribution in [0.4, 0.5) is 11.6 Å². The van der Waals surface area contributed by atoms with Gasteiger partial charge in [-0.05, 0) is 36.2 Å². The van der Waals surface area contributed by atoms with Crippen molar-refractivity contribution in [2.75, 3.05) is 31.4 Å². The van der Waals surface area contributed by atoms with E-state index in [1.54, 1.807) is 32.4 Å². The van der Waals surface area contributed by atoms with E-state index in [0.717, 1.165) is 18.5 Å². The number of nitrogens with one attached hydrogen (secondary N) is 2. The van der Waals surface area contributed by atoms with Gasteiger partial charge >= 0.3 is 0 Å². The average Bonchev–Trinajstić information content (AvgIpc) is 2.66. The summed E-state index contributed by atoms with van der Waals surface area (Å²) < 4.78 is 10.4. The number of unbranched alkanes of at least 4 members (excludes halogenated alkanes) is 2. The van der Waals surface area contributed by atoms with Crippen LogP contribution in [-0.2, 0) is 11.2 Å². The van der Waals surface area contributed by atoms with Crippen LogP contribution < -0.4 is 20.1 Å². The van der Waals surface area contributed by atoms with E-state index < -0.39 is 0 Å². The average molecular weight is 358 g/mol. The second kappa shape index (κ2) is 10.2. The topological polar surface area (TPSA) is 85.4 Å². The molecular weight excluding hydrogens is 332 g/mol. The summed E-state index contributed by atoms with van der Waals surface area (Å²) in [5.41, 5.74) is 0.822. The van der Waals surface area contributed by atoms with Gasteiger partial charge in [0, 0.05) is 6.54 Å². The standard InChI is InChI=1S/C19H26N4O3/c1-4-5-6-11-20-17-9-10-18(23-22-17)21-19(24)13-14-7-8-15(25-2)16(12-14)26-3/h7-10,12H,4-6,11,13H2,1-3H3,(H,20,22)(H,21,23,24). The third kappa shape index (κ3) is 5.91. The normalized spacial score (nSPS) is 10.3. The predicted molar refractivity (Wildman–Crippen MR) is 102 cm³/mol. The molecule has 0 bridgehead atoms. The van der Waals surface area contributed by atoms with E-state index in [-0.39, 0.29) is 12.3 Å². The Morgan fingerprint density at radius 1 is 1.00 bits per heavy atom. The molecule has 1 aromatic heterocycles. The molecular formula is C19H26N4O3. The van der Waals surface area contributed by atoms with Crippen LogP contribution in [0.2, 0.25) is 0 Å². The smallest absolute Gasteiger partial charge is 0.229 e. The number of nitrogens with zero attached hydrogens (tertiary/aromatic N) is 2. The molecule has 1 amide bonds. The molecule has 0 saturated heterocycles. The summed E-state index contributed by atoms with van der Waals surface area (Å²) in [6, 6.07) is 8.94. The maximum Gasteiger partial charge on any atom is 0.229 e. The van der Waals surface area contributed by atoms with Gasteiger partial charge in [-0.15, -0.1) is 10.2 Å². The monoisotopic (exact) mass is 358 g/mol. The number of ether oxygens (including phenoxy) is 2. The minimum absolute atomic E-state index is 0.171. The fraction of sp³-hybridized carbons (Fsp3) is 0.421. The Labute approximate surface area is 154 Å². The Morgan fingerprint density at radius 2 is 1.73 bits per heavy atom. The van der Waals surface area contributed by atoms with Crippen LogP contribution in [0, 0.1) is 0 Å². The predicted octanol–water partition coefficient (Wildman–Crippen LogP) is 3.28. The molecule has 7 nitrogen and oxygen atoms in total. The number of anilines is 2. The van der Waals surface area contributed by atoms with Crippen molar-refractivity contribution in [1.29, 1.82) is 0 Å². The van der Waals surface area contributed by atoms with Crippen LogP contribution in [0.25, 0.3) is 0 Å². The van der Waals surface area contributed by atoms with E-state index in [1.165, 1.54) is 12.8 Å². The summed E-state index contributed by atoms with van der Waals surface area (Å²) in [5.74, 6) is 2.18. The van der Waals surface area contributed by atoms with Crippen molar-refractivity contribution in [1.82, 2.24) is 10.2 Å². The number of methoxy groups -OCH3 is 2. The Kier molecular flexibility index (Phi) is 7.67. The lowest BCUT2D eigenvalue weighted by Crippen LogP contribution is -2.16. The molecule has 1 heterocycles. The fourth-order valence-electron chi connectivity index (χ4n) is 2.45. The molecule has 7 heteroatoms. The molecule has 0 spiro atoms. The van der Waals surface area contributed by atoms with Crippen molar-refractivity contribution in [3.63, 3.8) is 0 Å². The summed E-state index contributed by atoms with van der Waals surface area (Å²) in [7, 11) is 3.14. The molecule has 0 radical (unpaired) electrons. The van der Waals surface area contributed by atoms with Gasteiger partial charge in [-0.1, -0.05) is 25.8 Å². The van der Waals surface area contributed by atoms with Gasteiger partial charge in [0.1, 0.15) is 5.82 Å². The second-order valence-corrected chi connectivity index (χ2v) is 5.85. The summed E-state index contributed by atoms with van der Waals surface area (Å²) in [5, 5.41) is 14.1. The number of rotatable bonds is 10. The largest absolute Gasteiger partial charge is 0.493 e. The zero-order valence-corrected chi connectivity index (χ0v) is 15.5. The maximum atomic E-state index is 12.2. The van der Waals surface area contributed by atoms with Gasteiger partial charge in [-0.2, -0.15) is 0 Å². The minimum atomic E-state index is -0.171. The van der Waals surface area contributed by atoms with Gasteiger partial charge in [-0.25, -0.2) is 0 Å². The van der Waals surface area contributed by atoms with Crippen molar-refractivity contribution in [2.45, 2.75) is 32.6 Å². The van der Waals surface area contributed by atoms with E-state index in [1.807, 2.05) is 12.1 Å². The molecule has 140 valence electrons. The number of benzene rings is 1. The molecule has 2 aromatic rings. The number of carbonyl (C=O) groups excluding carboxylic acids is 1. The molecule has 0 atom stereocenters. The van der Waals surface area contributed by atoms with E-state index in [9.17, 15) is 4.79 Å². The zero-order chi connectivity index (χ0) is 18.8. The van der Waals surface area contributed by atoms with Gasteiger partial charge in [0.2, 0.25) is 5.91 Å². The van der Waals surface area contributed by atoms with E-state index in [2.05, 4.69) is 27.8 Å². The van der Waals surface area contributed by atoms with Gasteiger partial charge in [-0.3, -0.25) is 4.79 Å². The summed E-state index contributed by atoms with van der Waals surface area (Å²) in [6.07, 6.45) is 3.67. The maximum absolute atomic E-state index is 12.2. The molecule has 1 aromatic carbocycles. The summed E-state index contributed by atoms with van der Waals surface area (Å²) in [6.45, 7) is 3.03. The van der Waals surface area contributed by atoms with Gasteiger partial charge < -0.3 is 20.1 Å². The van der Waals surface area contributed by atoms with E-state index in [0.29, 0.717) is 23.1 Å². The number of hydrogen-bond acceptors (Lipinski definition) is 6. The Bertz CT molecular complexity index is 704. The molecule has 2 N–H and O–H groups in total. The highest BCUT2D eigenvalue weighted by Crippen LogP contribution is 2.27. The Morgan fingerprint density at radius 3 is 2.38 bits per heavy atom. The fourth-order valence-corrected chi connectivity index (χ4v) is 2.45. The van der Waals surface area contributed by atoms with Crippen LogP contribution in [0.15, 0.2) is 30.3 Å². The van der Waals surface area contributed by atoms with Crippen LogP contribution in [0.1, 0.15) is 31.7 Å². The number of amides is 1. The van der Waals surface area contributed by atoms with Gasteiger partial charge in [0.25, 0.3) is 0 Å². The van der Waals surface area contributed by atoms with Crippen LogP contribution in [-0.4, -0.2) is 36.9 Å². The first-order valence-electron chi connectivity index (χ1n) is 8.74. The molecule has 26 heavy (non-hydrogen) atoms. The number of hydrogen-bond donors (Lipinski definition) is 2. The zero-order valence-electron chi connectivity index (χ0n) is 15.5. The first-order chi connectivity index (χ1) is 12.7. The van der Waals surface area contributed by atoms with Crippen molar-refractivity contribution < 1.29 is 14.3 Å². The van der Waals surface area contributed by atoms with Crippen LogP contribution in [0.3, 0.4) is 0 Å². The molecule has 0 aliphatic heterocycles. The number of aromatic nitrogens is 2. The second-order valence-electron chi connectivity index (χ2n) is 5.85. The SMILES string of the molecule is CCCCCNc1ccc(NC(=O)Cc2ccc(OC)c(OC)c2)nn1. The lowest BCUT2D eigenvalue weighted by atomic mass is 10.1. The third-order valence-corrected chi connectivity index (χ3v) is 3.83. The molecule has 0 aliphatic rings. The van der Waals surface area contributed by atoms with Gasteiger partial charge in [0.15, 0.2) is 17.3 Å². The van der Waals surface area contributed by atoms with Crippen molar-refractivity contribution in [3.8, 4) is 11.5 Å². The number of carbonyl (C=O) groups is 1. The Hall–Kier alpha value is -2.83. The summed E-state index contributed by atoms with van der Waals surface area (Å²) in [4.78, 5) is 12.2. The third-order valence-electron chi connectivity index (χ3n) is 3.83. The molecule has 0 fully saturated rings. The highest BCUT2D eigenvalue weighted by Gasteiger charge is 2.09. The van der Waals surface area contributed by atoms with Crippen molar-refractivity contribution in [3.05, 3.63) is 35.9 Å². The van der Waals surface area contributed by atoms with Crippen molar-refractivity contribution in [2.24, 2.45) is 0 Å². The quantitative estimate of drug-likeness (QED) is 0.634. The first kappa shape index (κ1) is 19.5. The minimum Gasteiger partial charge on any atom is -0.493 e. The first-order valence-corrected chi connectivity index (χ1v) is 8.74. The lowest BCUT2D eigenvalue weighted by Gasteiger charge is -2.10. The highest BCUT2D eigenvalue weighted by atomic mass is 16.5. The molecule has 0 aliphatic carbocycles. The van der Waals surface area contributed by atoms with Crippen molar-refractivity contribution >= 4 is 17.5 Å². The van der Waals surface area contributed by atoms with Crippen LogP contribution >= 0.6 is 0 Å². The summed E-state index contributed by atoms with van der Waals surface area (Å²) >= 11 is 0.